The average Bonchev–Trinajstić information content (AvgIpc) is 2.73. The molecular formula is C22H20Cl3NO3. The largest absolute Gasteiger partial charge is 0.457 e. The van der Waals surface area contributed by atoms with Crippen molar-refractivity contribution in [2.24, 2.45) is 11.8 Å². The number of anilines is 1. The molecule has 1 amide bonds. The van der Waals surface area contributed by atoms with E-state index in [1.165, 1.54) is 0 Å². The molecule has 7 heteroatoms. The highest BCUT2D eigenvalue weighted by Gasteiger charge is 2.36. The highest BCUT2D eigenvalue weighted by molar-refractivity contribution is 6.59. The number of rotatable bonds is 5. The molecule has 0 bridgehead atoms. The second kappa shape index (κ2) is 9.66. The van der Waals surface area contributed by atoms with Gasteiger partial charge in [-0.3, -0.25) is 9.59 Å². The summed E-state index contributed by atoms with van der Waals surface area (Å²) in [6, 6.07) is 13.5. The van der Waals surface area contributed by atoms with E-state index >= 15 is 0 Å². The van der Waals surface area contributed by atoms with Gasteiger partial charge in [0.2, 0.25) is 5.91 Å². The number of hydrogen-bond donors (Lipinski definition) is 1. The standard InChI is InChI=1S/C22H20Cl3NO3/c1-13(19(23)20(24)25)29-22(28)17-11-5-4-10-16(17)21(27)26-18-12-6-8-14-7-2-3-9-15(14)18/h2-9,12-13,16-17H,10-11H2,1H3,(H,26,27)/t13-,16+,17+/m0/s1. The normalized spacial score (nSPS) is 19.4. The van der Waals surface area contributed by atoms with Crippen LogP contribution >= 0.6 is 34.8 Å². The Bertz CT molecular complexity index is 977. The monoisotopic (exact) mass is 451 g/mol. The molecule has 0 spiro atoms. The van der Waals surface area contributed by atoms with Crippen LogP contribution in [0.4, 0.5) is 5.69 Å². The summed E-state index contributed by atoms with van der Waals surface area (Å²) in [5.41, 5.74) is 0.711. The Kier molecular flexibility index (Phi) is 7.23. The number of carbonyl (C=O) groups excluding carboxylic acids is 2. The summed E-state index contributed by atoms with van der Waals surface area (Å²) in [5, 5.41) is 4.99. The topological polar surface area (TPSA) is 55.4 Å². The number of allylic oxidation sites excluding steroid dienone is 2. The van der Waals surface area contributed by atoms with Crippen LogP contribution in [0.2, 0.25) is 0 Å². The minimum absolute atomic E-state index is 0.0461. The first-order valence-electron chi connectivity index (χ1n) is 9.23. The molecule has 29 heavy (non-hydrogen) atoms. The van der Waals surface area contributed by atoms with Crippen molar-refractivity contribution in [2.75, 3.05) is 5.32 Å². The molecule has 1 aliphatic carbocycles. The summed E-state index contributed by atoms with van der Waals surface area (Å²) in [4.78, 5) is 25.7. The van der Waals surface area contributed by atoms with Gasteiger partial charge in [-0.2, -0.15) is 0 Å². The van der Waals surface area contributed by atoms with Crippen LogP contribution in [0.25, 0.3) is 10.8 Å². The lowest BCUT2D eigenvalue weighted by Crippen LogP contribution is -2.37. The fourth-order valence-corrected chi connectivity index (χ4v) is 3.74. The van der Waals surface area contributed by atoms with E-state index in [2.05, 4.69) is 5.32 Å². The van der Waals surface area contributed by atoms with Crippen molar-refractivity contribution in [1.82, 2.24) is 0 Å². The van der Waals surface area contributed by atoms with Gasteiger partial charge in [-0.1, -0.05) is 83.4 Å². The van der Waals surface area contributed by atoms with Crippen LogP contribution in [0.5, 0.6) is 0 Å². The highest BCUT2D eigenvalue weighted by atomic mass is 35.5. The Balaban J connectivity index is 1.77. The minimum atomic E-state index is -0.790. The number of esters is 1. The van der Waals surface area contributed by atoms with Gasteiger partial charge in [0.05, 0.1) is 16.9 Å². The third-order valence-electron chi connectivity index (χ3n) is 4.95. The van der Waals surface area contributed by atoms with Gasteiger partial charge < -0.3 is 10.1 Å². The molecule has 4 nitrogen and oxygen atoms in total. The molecule has 152 valence electrons. The number of benzene rings is 2. The van der Waals surface area contributed by atoms with E-state index in [1.807, 2.05) is 54.6 Å². The van der Waals surface area contributed by atoms with Crippen LogP contribution < -0.4 is 5.32 Å². The van der Waals surface area contributed by atoms with E-state index in [0.717, 1.165) is 10.8 Å². The quantitative estimate of drug-likeness (QED) is 0.435. The average molecular weight is 453 g/mol. The number of nitrogens with one attached hydrogen (secondary N) is 1. The van der Waals surface area contributed by atoms with E-state index in [4.69, 9.17) is 39.5 Å². The summed E-state index contributed by atoms with van der Waals surface area (Å²) in [6.45, 7) is 1.58. The summed E-state index contributed by atoms with van der Waals surface area (Å²) >= 11 is 17.3. The van der Waals surface area contributed by atoms with Crippen molar-refractivity contribution >= 4 is 63.1 Å². The van der Waals surface area contributed by atoms with Crippen LogP contribution in [0.3, 0.4) is 0 Å². The van der Waals surface area contributed by atoms with Crippen molar-refractivity contribution in [2.45, 2.75) is 25.9 Å². The lowest BCUT2D eigenvalue weighted by Gasteiger charge is -2.27. The molecule has 1 N–H and O–H groups in total. The third-order valence-corrected chi connectivity index (χ3v) is 6.05. The summed E-state index contributed by atoms with van der Waals surface area (Å²) < 4.78 is 5.25. The molecule has 0 aromatic heterocycles. The molecule has 0 heterocycles. The van der Waals surface area contributed by atoms with Crippen molar-refractivity contribution < 1.29 is 14.3 Å². The van der Waals surface area contributed by atoms with E-state index in [0.29, 0.717) is 18.5 Å². The first kappa shape index (κ1) is 21.7. The molecule has 2 aromatic rings. The Hall–Kier alpha value is -2.01. The van der Waals surface area contributed by atoms with Gasteiger partial charge in [0.15, 0.2) is 0 Å². The van der Waals surface area contributed by atoms with Crippen LogP contribution in [0, 0.1) is 11.8 Å². The van der Waals surface area contributed by atoms with Gasteiger partial charge in [0, 0.05) is 11.1 Å². The van der Waals surface area contributed by atoms with Gasteiger partial charge >= 0.3 is 5.97 Å². The molecule has 2 aromatic carbocycles. The molecule has 0 unspecified atom stereocenters. The lowest BCUT2D eigenvalue weighted by molar-refractivity contribution is -0.155. The zero-order chi connectivity index (χ0) is 21.0. The van der Waals surface area contributed by atoms with E-state index in [9.17, 15) is 9.59 Å². The molecule has 0 radical (unpaired) electrons. The zero-order valence-electron chi connectivity index (χ0n) is 15.7. The van der Waals surface area contributed by atoms with Crippen LogP contribution in [0.1, 0.15) is 19.8 Å². The summed E-state index contributed by atoms with van der Waals surface area (Å²) in [7, 11) is 0. The summed E-state index contributed by atoms with van der Waals surface area (Å²) in [6.07, 6.45) is 3.86. The van der Waals surface area contributed by atoms with E-state index < -0.39 is 23.9 Å². The molecule has 0 saturated heterocycles. The fraction of sp³-hybridized carbons (Fsp3) is 0.273. The predicted octanol–water partition coefficient (Wildman–Crippen LogP) is 6.18. The van der Waals surface area contributed by atoms with E-state index in [1.54, 1.807) is 6.92 Å². The number of ether oxygens (including phenoxy) is 1. The van der Waals surface area contributed by atoms with Crippen molar-refractivity contribution in [3.05, 3.63) is 64.1 Å². The molecule has 0 saturated carbocycles. The Morgan fingerprint density at radius 2 is 1.66 bits per heavy atom. The number of fused-ring (bicyclic) bond motifs is 1. The maximum absolute atomic E-state index is 13.0. The Labute approximate surface area is 184 Å². The molecular weight excluding hydrogens is 433 g/mol. The predicted molar refractivity (Wildman–Crippen MR) is 118 cm³/mol. The van der Waals surface area contributed by atoms with Gasteiger partial charge in [0.25, 0.3) is 0 Å². The Morgan fingerprint density at radius 3 is 2.38 bits per heavy atom. The highest BCUT2D eigenvalue weighted by Crippen LogP contribution is 2.31. The third kappa shape index (κ3) is 5.13. The van der Waals surface area contributed by atoms with Crippen molar-refractivity contribution in [3.8, 4) is 0 Å². The summed E-state index contributed by atoms with van der Waals surface area (Å²) in [5.74, 6) is -1.89. The minimum Gasteiger partial charge on any atom is -0.457 e. The van der Waals surface area contributed by atoms with Crippen LogP contribution in [-0.4, -0.2) is 18.0 Å². The first-order chi connectivity index (χ1) is 13.9. The second-order valence-electron chi connectivity index (χ2n) is 6.86. The number of amides is 1. The molecule has 1 aliphatic rings. The van der Waals surface area contributed by atoms with Gasteiger partial charge in [0.1, 0.15) is 10.6 Å². The van der Waals surface area contributed by atoms with Crippen molar-refractivity contribution in [1.29, 1.82) is 0 Å². The SMILES string of the molecule is C[C@H](OC(=O)[C@@H]1CC=CC[C@H]1C(=O)Nc1cccc2ccccc12)C(Cl)=C(Cl)Cl. The Morgan fingerprint density at radius 1 is 1.00 bits per heavy atom. The smallest absolute Gasteiger partial charge is 0.310 e. The zero-order valence-corrected chi connectivity index (χ0v) is 18.0. The van der Waals surface area contributed by atoms with Crippen molar-refractivity contribution in [3.63, 3.8) is 0 Å². The molecule has 0 aliphatic heterocycles. The molecule has 3 atom stereocenters. The van der Waals surface area contributed by atoms with Gasteiger partial charge in [-0.05, 0) is 31.2 Å². The fourth-order valence-electron chi connectivity index (χ4n) is 3.39. The van der Waals surface area contributed by atoms with Crippen LogP contribution in [-0.2, 0) is 14.3 Å². The first-order valence-corrected chi connectivity index (χ1v) is 10.4. The molecule has 0 fully saturated rings. The lowest BCUT2D eigenvalue weighted by atomic mass is 9.82. The van der Waals surface area contributed by atoms with Crippen LogP contribution in [0.15, 0.2) is 64.1 Å². The number of hydrogen-bond acceptors (Lipinski definition) is 3. The second-order valence-corrected chi connectivity index (χ2v) is 8.22. The molecule has 3 rings (SSSR count). The maximum Gasteiger partial charge on any atom is 0.310 e. The maximum atomic E-state index is 13.0. The van der Waals surface area contributed by atoms with Gasteiger partial charge in [-0.15, -0.1) is 0 Å². The van der Waals surface area contributed by atoms with E-state index in [-0.39, 0.29) is 15.4 Å². The van der Waals surface area contributed by atoms with Gasteiger partial charge in [-0.25, -0.2) is 0 Å². The number of halogens is 3. The number of carbonyl (C=O) groups is 2.